The van der Waals surface area contributed by atoms with Gasteiger partial charge in [0, 0.05) is 11.1 Å². The molecule has 0 unspecified atom stereocenters. The summed E-state index contributed by atoms with van der Waals surface area (Å²) in [6.45, 7) is 7.27. The van der Waals surface area contributed by atoms with Crippen molar-refractivity contribution in [2.45, 2.75) is 39.3 Å². The van der Waals surface area contributed by atoms with Crippen molar-refractivity contribution in [3.8, 4) is 11.3 Å². The fourth-order valence-corrected chi connectivity index (χ4v) is 1.96. The van der Waals surface area contributed by atoms with Crippen molar-refractivity contribution in [1.82, 2.24) is 5.32 Å². The smallest absolute Gasteiger partial charge is 0.135 e. The van der Waals surface area contributed by atoms with Gasteiger partial charge in [0.25, 0.3) is 0 Å². The Bertz CT molecular complexity index is 545. The van der Waals surface area contributed by atoms with Crippen LogP contribution in [0.3, 0.4) is 0 Å². The molecule has 1 aromatic heterocycles. The van der Waals surface area contributed by atoms with E-state index in [2.05, 4.69) is 26.1 Å². The monoisotopic (exact) mass is 277 g/mol. The summed E-state index contributed by atoms with van der Waals surface area (Å²) in [6.07, 6.45) is 1.07. The van der Waals surface area contributed by atoms with Crippen LogP contribution in [-0.2, 0) is 6.54 Å². The Hall–Kier alpha value is -1.25. The van der Waals surface area contributed by atoms with E-state index in [1.54, 1.807) is 0 Å². The molecule has 1 N–H and O–H groups in total. The van der Waals surface area contributed by atoms with Gasteiger partial charge in [-0.05, 0) is 44.5 Å². The summed E-state index contributed by atoms with van der Waals surface area (Å²) < 4.78 is 5.84. The van der Waals surface area contributed by atoms with Crippen LogP contribution in [0.5, 0.6) is 0 Å². The summed E-state index contributed by atoms with van der Waals surface area (Å²) in [5.74, 6) is 1.74. The zero-order valence-electron chi connectivity index (χ0n) is 11.7. The molecule has 0 atom stereocenters. The minimum absolute atomic E-state index is 0.122. The van der Waals surface area contributed by atoms with Crippen LogP contribution < -0.4 is 5.32 Å². The summed E-state index contributed by atoms with van der Waals surface area (Å²) in [6, 6.07) is 11.7. The Morgan fingerprint density at radius 2 is 1.89 bits per heavy atom. The Labute approximate surface area is 119 Å². The molecule has 2 nitrogen and oxygen atoms in total. The molecular formula is C16H20ClNO. The van der Waals surface area contributed by atoms with E-state index in [0.717, 1.165) is 30.0 Å². The molecule has 0 aliphatic heterocycles. The van der Waals surface area contributed by atoms with Gasteiger partial charge in [-0.2, -0.15) is 0 Å². The van der Waals surface area contributed by atoms with Crippen LogP contribution in [-0.4, -0.2) is 5.54 Å². The Morgan fingerprint density at radius 3 is 2.58 bits per heavy atom. The number of furan rings is 1. The summed E-state index contributed by atoms with van der Waals surface area (Å²) >= 11 is 6.16. The van der Waals surface area contributed by atoms with Crippen molar-refractivity contribution >= 4 is 11.6 Å². The molecule has 0 saturated heterocycles. The minimum atomic E-state index is 0.122. The molecule has 2 rings (SSSR count). The zero-order chi connectivity index (χ0) is 13.9. The quantitative estimate of drug-likeness (QED) is 0.843. The number of hydrogen-bond donors (Lipinski definition) is 1. The second kappa shape index (κ2) is 5.81. The highest BCUT2D eigenvalue weighted by molar-refractivity contribution is 6.33. The standard InChI is InChI=1S/C16H20ClNO/c1-4-16(2,3)18-11-12-9-10-15(19-12)13-7-5-6-8-14(13)17/h5-10,18H,4,11H2,1-3H3. The predicted molar refractivity (Wildman–Crippen MR) is 80.4 cm³/mol. The summed E-state index contributed by atoms with van der Waals surface area (Å²) in [7, 11) is 0. The Kier molecular flexibility index (Phi) is 4.33. The van der Waals surface area contributed by atoms with E-state index >= 15 is 0 Å². The third kappa shape index (κ3) is 3.62. The van der Waals surface area contributed by atoms with Gasteiger partial charge in [-0.25, -0.2) is 0 Å². The maximum atomic E-state index is 6.16. The number of nitrogens with one attached hydrogen (secondary N) is 1. The van der Waals surface area contributed by atoms with Crippen LogP contribution >= 0.6 is 11.6 Å². The van der Waals surface area contributed by atoms with Gasteiger partial charge in [0.1, 0.15) is 11.5 Å². The van der Waals surface area contributed by atoms with Crippen molar-refractivity contribution in [1.29, 1.82) is 0 Å². The fraction of sp³-hybridized carbons (Fsp3) is 0.375. The number of benzene rings is 1. The van der Waals surface area contributed by atoms with Crippen LogP contribution in [0.1, 0.15) is 33.0 Å². The van der Waals surface area contributed by atoms with Crippen molar-refractivity contribution in [3.63, 3.8) is 0 Å². The van der Waals surface area contributed by atoms with Gasteiger partial charge in [0.05, 0.1) is 11.6 Å². The number of rotatable bonds is 5. The van der Waals surface area contributed by atoms with E-state index in [0.29, 0.717) is 5.02 Å². The molecule has 19 heavy (non-hydrogen) atoms. The molecule has 0 aliphatic rings. The molecule has 0 bridgehead atoms. The third-order valence-electron chi connectivity index (χ3n) is 3.43. The van der Waals surface area contributed by atoms with E-state index < -0.39 is 0 Å². The first kappa shape index (κ1) is 14.2. The molecule has 1 aromatic carbocycles. The van der Waals surface area contributed by atoms with Gasteiger partial charge >= 0.3 is 0 Å². The highest BCUT2D eigenvalue weighted by Crippen LogP contribution is 2.29. The first-order valence-electron chi connectivity index (χ1n) is 6.60. The molecule has 0 fully saturated rings. The maximum absolute atomic E-state index is 6.16. The maximum Gasteiger partial charge on any atom is 0.135 e. The SMILES string of the molecule is CCC(C)(C)NCc1ccc(-c2ccccc2Cl)o1. The third-order valence-corrected chi connectivity index (χ3v) is 3.76. The molecule has 2 aromatic rings. The van der Waals surface area contributed by atoms with Gasteiger partial charge < -0.3 is 9.73 Å². The predicted octanol–water partition coefficient (Wildman–Crippen LogP) is 4.88. The van der Waals surface area contributed by atoms with Crippen LogP contribution in [0.25, 0.3) is 11.3 Å². The van der Waals surface area contributed by atoms with Crippen molar-refractivity contribution in [3.05, 3.63) is 47.2 Å². The van der Waals surface area contributed by atoms with Crippen LogP contribution in [0, 0.1) is 0 Å². The van der Waals surface area contributed by atoms with Gasteiger partial charge in [0.2, 0.25) is 0 Å². The number of halogens is 1. The second-order valence-corrected chi connectivity index (χ2v) is 5.74. The van der Waals surface area contributed by atoms with Crippen LogP contribution in [0.15, 0.2) is 40.8 Å². The van der Waals surface area contributed by atoms with Crippen molar-refractivity contribution in [2.24, 2.45) is 0 Å². The molecule has 0 saturated carbocycles. The topological polar surface area (TPSA) is 25.2 Å². The molecule has 0 aliphatic carbocycles. The molecule has 0 spiro atoms. The lowest BCUT2D eigenvalue weighted by atomic mass is 10.0. The fourth-order valence-electron chi connectivity index (χ4n) is 1.73. The minimum Gasteiger partial charge on any atom is -0.460 e. The summed E-state index contributed by atoms with van der Waals surface area (Å²) in [5.41, 5.74) is 1.06. The highest BCUT2D eigenvalue weighted by atomic mass is 35.5. The molecular weight excluding hydrogens is 258 g/mol. The molecule has 0 amide bonds. The van der Waals surface area contributed by atoms with E-state index in [1.165, 1.54) is 0 Å². The van der Waals surface area contributed by atoms with E-state index in [9.17, 15) is 0 Å². The molecule has 1 heterocycles. The lowest BCUT2D eigenvalue weighted by Gasteiger charge is -2.23. The molecule has 0 radical (unpaired) electrons. The second-order valence-electron chi connectivity index (χ2n) is 5.34. The first-order chi connectivity index (χ1) is 9.02. The Balaban J connectivity index is 2.10. The van der Waals surface area contributed by atoms with Gasteiger partial charge in [-0.15, -0.1) is 0 Å². The molecule has 3 heteroatoms. The van der Waals surface area contributed by atoms with Crippen molar-refractivity contribution < 1.29 is 4.42 Å². The lowest BCUT2D eigenvalue weighted by molar-refractivity contribution is 0.353. The lowest BCUT2D eigenvalue weighted by Crippen LogP contribution is -2.37. The Morgan fingerprint density at radius 1 is 1.16 bits per heavy atom. The van der Waals surface area contributed by atoms with Crippen LogP contribution in [0.4, 0.5) is 0 Å². The van der Waals surface area contributed by atoms with Crippen LogP contribution in [0.2, 0.25) is 5.02 Å². The summed E-state index contributed by atoms with van der Waals surface area (Å²) in [4.78, 5) is 0. The van der Waals surface area contributed by atoms with Gasteiger partial charge in [-0.1, -0.05) is 30.7 Å². The largest absolute Gasteiger partial charge is 0.460 e. The highest BCUT2D eigenvalue weighted by Gasteiger charge is 2.15. The summed E-state index contributed by atoms with van der Waals surface area (Å²) in [5, 5.41) is 4.19. The average Bonchev–Trinajstić information content (AvgIpc) is 2.86. The van der Waals surface area contributed by atoms with Gasteiger partial charge in [0.15, 0.2) is 0 Å². The van der Waals surface area contributed by atoms with E-state index in [1.807, 2.05) is 36.4 Å². The molecule has 102 valence electrons. The number of hydrogen-bond acceptors (Lipinski definition) is 2. The van der Waals surface area contributed by atoms with Crippen molar-refractivity contribution in [2.75, 3.05) is 0 Å². The van der Waals surface area contributed by atoms with E-state index in [-0.39, 0.29) is 5.54 Å². The van der Waals surface area contributed by atoms with Gasteiger partial charge in [-0.3, -0.25) is 0 Å². The zero-order valence-corrected chi connectivity index (χ0v) is 12.4. The average molecular weight is 278 g/mol. The first-order valence-corrected chi connectivity index (χ1v) is 6.98. The van der Waals surface area contributed by atoms with E-state index in [4.69, 9.17) is 16.0 Å². The normalized spacial score (nSPS) is 11.8.